The Morgan fingerprint density at radius 3 is 2.44 bits per heavy atom. The van der Waals surface area contributed by atoms with Crippen molar-refractivity contribution in [3.05, 3.63) is 59.2 Å². The largest absolute Gasteiger partial charge is 0.508 e. The average molecular weight is 339 g/mol. The molecule has 0 aliphatic carbocycles. The number of benzene rings is 2. The maximum atomic E-state index is 12.4. The predicted molar refractivity (Wildman–Crippen MR) is 98.1 cm³/mol. The molecule has 4 nitrogen and oxygen atoms in total. The molecule has 1 fully saturated rings. The summed E-state index contributed by atoms with van der Waals surface area (Å²) >= 11 is 0. The lowest BCUT2D eigenvalue weighted by atomic mass is 9.89. The molecule has 0 atom stereocenters. The average Bonchev–Trinajstić information content (AvgIpc) is 2.61. The van der Waals surface area contributed by atoms with Gasteiger partial charge >= 0.3 is 0 Å². The van der Waals surface area contributed by atoms with Crippen LogP contribution in [0.5, 0.6) is 11.5 Å². The number of carbonyl (C=O) groups is 1. The molecule has 1 heterocycles. The molecule has 25 heavy (non-hydrogen) atoms. The molecule has 1 amide bonds. The van der Waals surface area contributed by atoms with E-state index in [4.69, 9.17) is 4.74 Å². The molecule has 1 N–H and O–H groups in total. The summed E-state index contributed by atoms with van der Waals surface area (Å²) in [5.74, 6) is 1.56. The van der Waals surface area contributed by atoms with Gasteiger partial charge in [-0.05, 0) is 61.9 Å². The maximum Gasteiger partial charge on any atom is 0.260 e. The van der Waals surface area contributed by atoms with Crippen LogP contribution < -0.4 is 4.74 Å². The van der Waals surface area contributed by atoms with Gasteiger partial charge in [0.05, 0.1) is 0 Å². The first kappa shape index (κ1) is 17.3. The third kappa shape index (κ3) is 4.32. The van der Waals surface area contributed by atoms with Crippen LogP contribution in [0.25, 0.3) is 0 Å². The SMILES string of the molecule is Cc1ccc(OCC(=O)N2CCC(c3ccc(O)cc3)CC2)c(C)c1. The standard InChI is InChI=1S/C21H25NO3/c1-15-3-8-20(16(2)13-15)25-14-21(24)22-11-9-18(10-12-22)17-4-6-19(23)7-5-17/h3-8,13,18,23H,9-12,14H2,1-2H3. The van der Waals surface area contributed by atoms with Crippen molar-refractivity contribution in [2.24, 2.45) is 0 Å². The number of rotatable bonds is 4. The summed E-state index contributed by atoms with van der Waals surface area (Å²) in [6.45, 7) is 5.63. The minimum absolute atomic E-state index is 0.0455. The van der Waals surface area contributed by atoms with Gasteiger partial charge in [0.2, 0.25) is 0 Å². The molecule has 2 aromatic rings. The Labute approximate surface area is 149 Å². The fraction of sp³-hybridized carbons (Fsp3) is 0.381. The van der Waals surface area contributed by atoms with Crippen LogP contribution in [0.2, 0.25) is 0 Å². The predicted octanol–water partition coefficient (Wildman–Crippen LogP) is 3.79. The van der Waals surface area contributed by atoms with Crippen LogP contribution in [0.4, 0.5) is 0 Å². The highest BCUT2D eigenvalue weighted by molar-refractivity contribution is 5.78. The number of piperidine rings is 1. The molecule has 2 aromatic carbocycles. The molecular weight excluding hydrogens is 314 g/mol. The number of phenolic OH excluding ortho intramolecular Hbond substituents is 1. The van der Waals surface area contributed by atoms with Crippen molar-refractivity contribution >= 4 is 5.91 Å². The van der Waals surface area contributed by atoms with Gasteiger partial charge in [-0.2, -0.15) is 0 Å². The second kappa shape index (κ2) is 7.60. The van der Waals surface area contributed by atoms with Gasteiger partial charge in [0.15, 0.2) is 6.61 Å². The van der Waals surface area contributed by atoms with Gasteiger partial charge in [-0.1, -0.05) is 29.8 Å². The van der Waals surface area contributed by atoms with Crippen LogP contribution in [0.15, 0.2) is 42.5 Å². The van der Waals surface area contributed by atoms with E-state index < -0.39 is 0 Å². The molecule has 0 radical (unpaired) electrons. The molecule has 0 saturated carbocycles. The second-order valence-corrected chi connectivity index (χ2v) is 6.80. The minimum Gasteiger partial charge on any atom is -0.508 e. The maximum absolute atomic E-state index is 12.4. The molecule has 1 aliphatic rings. The first-order valence-electron chi connectivity index (χ1n) is 8.79. The zero-order valence-corrected chi connectivity index (χ0v) is 14.9. The summed E-state index contributed by atoms with van der Waals surface area (Å²) in [6, 6.07) is 13.4. The number of carbonyl (C=O) groups excluding carboxylic acids is 1. The molecule has 1 saturated heterocycles. The Kier molecular flexibility index (Phi) is 5.27. The van der Waals surface area contributed by atoms with E-state index in [0.29, 0.717) is 11.7 Å². The highest BCUT2D eigenvalue weighted by Gasteiger charge is 2.24. The third-order valence-electron chi connectivity index (χ3n) is 4.89. The Morgan fingerprint density at radius 1 is 1.12 bits per heavy atom. The summed E-state index contributed by atoms with van der Waals surface area (Å²) in [4.78, 5) is 14.3. The number of aromatic hydroxyl groups is 1. The lowest BCUT2D eigenvalue weighted by Gasteiger charge is -2.32. The number of nitrogens with zero attached hydrogens (tertiary/aromatic N) is 1. The van der Waals surface area contributed by atoms with Crippen LogP contribution in [-0.2, 0) is 4.79 Å². The van der Waals surface area contributed by atoms with Crippen molar-refractivity contribution in [1.29, 1.82) is 0 Å². The Balaban J connectivity index is 1.50. The summed E-state index contributed by atoms with van der Waals surface area (Å²) in [6.07, 6.45) is 1.89. The lowest BCUT2D eigenvalue weighted by Crippen LogP contribution is -2.40. The molecule has 0 unspecified atom stereocenters. The van der Waals surface area contributed by atoms with Gasteiger partial charge in [-0.25, -0.2) is 0 Å². The highest BCUT2D eigenvalue weighted by atomic mass is 16.5. The molecule has 0 aromatic heterocycles. The van der Waals surface area contributed by atoms with Gasteiger partial charge in [-0.15, -0.1) is 0 Å². The molecule has 0 spiro atoms. The van der Waals surface area contributed by atoms with E-state index in [-0.39, 0.29) is 12.5 Å². The van der Waals surface area contributed by atoms with Gasteiger partial charge in [0.25, 0.3) is 5.91 Å². The zero-order valence-electron chi connectivity index (χ0n) is 14.9. The lowest BCUT2D eigenvalue weighted by molar-refractivity contribution is -0.134. The van der Waals surface area contributed by atoms with E-state index in [1.807, 2.05) is 43.0 Å². The van der Waals surface area contributed by atoms with E-state index in [0.717, 1.165) is 37.2 Å². The molecule has 132 valence electrons. The number of phenols is 1. The van der Waals surface area contributed by atoms with E-state index in [1.165, 1.54) is 11.1 Å². The van der Waals surface area contributed by atoms with Gasteiger partial charge in [0.1, 0.15) is 11.5 Å². The van der Waals surface area contributed by atoms with E-state index in [9.17, 15) is 9.90 Å². The van der Waals surface area contributed by atoms with Crippen molar-refractivity contribution in [3.63, 3.8) is 0 Å². The van der Waals surface area contributed by atoms with Crippen molar-refractivity contribution in [2.45, 2.75) is 32.6 Å². The van der Waals surface area contributed by atoms with Crippen LogP contribution in [0.3, 0.4) is 0 Å². The van der Waals surface area contributed by atoms with Crippen LogP contribution in [-0.4, -0.2) is 35.6 Å². The number of ether oxygens (including phenoxy) is 1. The molecule has 4 heteroatoms. The van der Waals surface area contributed by atoms with Crippen molar-refractivity contribution < 1.29 is 14.6 Å². The summed E-state index contributed by atoms with van der Waals surface area (Å²) < 4.78 is 5.71. The second-order valence-electron chi connectivity index (χ2n) is 6.80. The summed E-state index contributed by atoms with van der Waals surface area (Å²) in [5, 5.41) is 9.39. The van der Waals surface area contributed by atoms with E-state index in [2.05, 4.69) is 6.07 Å². The smallest absolute Gasteiger partial charge is 0.260 e. The van der Waals surface area contributed by atoms with Crippen LogP contribution in [0, 0.1) is 13.8 Å². The normalized spacial score (nSPS) is 15.2. The highest BCUT2D eigenvalue weighted by Crippen LogP contribution is 2.29. The van der Waals surface area contributed by atoms with Gasteiger partial charge in [-0.3, -0.25) is 4.79 Å². The number of hydrogen-bond acceptors (Lipinski definition) is 3. The fourth-order valence-corrected chi connectivity index (χ4v) is 3.40. The first-order chi connectivity index (χ1) is 12.0. The fourth-order valence-electron chi connectivity index (χ4n) is 3.40. The topological polar surface area (TPSA) is 49.8 Å². The first-order valence-corrected chi connectivity index (χ1v) is 8.79. The molecule has 0 bridgehead atoms. The zero-order chi connectivity index (χ0) is 17.8. The number of likely N-dealkylation sites (tertiary alicyclic amines) is 1. The van der Waals surface area contributed by atoms with Gasteiger partial charge < -0.3 is 14.7 Å². The molecule has 1 aliphatic heterocycles. The number of amides is 1. The summed E-state index contributed by atoms with van der Waals surface area (Å²) in [7, 11) is 0. The monoisotopic (exact) mass is 339 g/mol. The van der Waals surface area contributed by atoms with Crippen molar-refractivity contribution in [1.82, 2.24) is 4.90 Å². The van der Waals surface area contributed by atoms with Crippen LogP contribution >= 0.6 is 0 Å². The Bertz CT molecular complexity index is 731. The minimum atomic E-state index is 0.0455. The number of aryl methyl sites for hydroxylation is 2. The van der Waals surface area contributed by atoms with E-state index >= 15 is 0 Å². The number of hydrogen-bond donors (Lipinski definition) is 1. The summed E-state index contributed by atoms with van der Waals surface area (Å²) in [5.41, 5.74) is 3.47. The van der Waals surface area contributed by atoms with E-state index in [1.54, 1.807) is 12.1 Å². The molecular formula is C21H25NO3. The van der Waals surface area contributed by atoms with Gasteiger partial charge in [0, 0.05) is 13.1 Å². The molecule has 3 rings (SSSR count). The quantitative estimate of drug-likeness (QED) is 0.922. The Hall–Kier alpha value is -2.49. The van der Waals surface area contributed by atoms with Crippen LogP contribution in [0.1, 0.15) is 35.4 Å². The van der Waals surface area contributed by atoms with Crippen molar-refractivity contribution in [2.75, 3.05) is 19.7 Å². The van der Waals surface area contributed by atoms with Crippen molar-refractivity contribution in [3.8, 4) is 11.5 Å². The third-order valence-corrected chi connectivity index (χ3v) is 4.89. The Morgan fingerprint density at radius 2 is 1.80 bits per heavy atom.